The lowest BCUT2D eigenvalue weighted by Gasteiger charge is -2.09. The normalized spacial score (nSPS) is 9.47. The fourth-order valence-electron chi connectivity index (χ4n) is 1.15. The minimum absolute atomic E-state index is 0.181. The lowest BCUT2D eigenvalue weighted by atomic mass is 10.2. The van der Waals surface area contributed by atoms with Crippen molar-refractivity contribution in [3.8, 4) is 5.75 Å². The minimum atomic E-state index is -0.181. The molecule has 0 saturated carbocycles. The van der Waals surface area contributed by atoms with Crippen LogP contribution in [0.5, 0.6) is 5.75 Å². The number of methoxy groups -OCH3 is 1. The van der Waals surface area contributed by atoms with Crippen LogP contribution in [0, 0.1) is 0 Å². The molecular weight excluding hydrogens is 258 g/mol. The zero-order valence-electron chi connectivity index (χ0n) is 8.42. The molecule has 80 valence electrons. The van der Waals surface area contributed by atoms with Crippen LogP contribution in [0.4, 0.5) is 0 Å². The van der Waals surface area contributed by atoms with Crippen molar-refractivity contribution in [2.24, 2.45) is 0 Å². The first-order valence-corrected chi connectivity index (χ1v) is 5.21. The highest BCUT2D eigenvalue weighted by Gasteiger charge is 2.14. The highest BCUT2D eigenvalue weighted by atomic mass is 79.9. The van der Waals surface area contributed by atoms with Gasteiger partial charge >= 0.3 is 0 Å². The summed E-state index contributed by atoms with van der Waals surface area (Å²) in [6.45, 7) is 3.97. The summed E-state index contributed by atoms with van der Waals surface area (Å²) in [5, 5.41) is 2.70. The third-order valence-corrected chi connectivity index (χ3v) is 2.49. The van der Waals surface area contributed by atoms with Gasteiger partial charge in [-0.05, 0) is 28.1 Å². The second kappa shape index (κ2) is 5.56. The second-order valence-corrected chi connectivity index (χ2v) is 3.67. The number of amides is 1. The molecule has 0 aliphatic carbocycles. The molecule has 0 aliphatic rings. The molecule has 0 aliphatic heterocycles. The second-order valence-electron chi connectivity index (χ2n) is 2.82. The van der Waals surface area contributed by atoms with Gasteiger partial charge in [0.15, 0.2) is 0 Å². The Morgan fingerprint density at radius 3 is 3.00 bits per heavy atom. The Kier molecular flexibility index (Phi) is 4.37. The third kappa shape index (κ3) is 2.83. The van der Waals surface area contributed by atoms with E-state index in [0.717, 1.165) is 0 Å². The number of benzene rings is 1. The van der Waals surface area contributed by atoms with E-state index < -0.39 is 0 Å². The molecule has 1 aromatic rings. The first-order valence-electron chi connectivity index (χ1n) is 4.42. The van der Waals surface area contributed by atoms with Crippen LogP contribution >= 0.6 is 15.9 Å². The van der Waals surface area contributed by atoms with E-state index >= 15 is 0 Å². The molecule has 15 heavy (non-hydrogen) atoms. The summed E-state index contributed by atoms with van der Waals surface area (Å²) in [4.78, 5) is 11.7. The molecule has 0 atom stereocenters. The van der Waals surface area contributed by atoms with Gasteiger partial charge in [-0.15, -0.1) is 6.58 Å². The van der Waals surface area contributed by atoms with Gasteiger partial charge < -0.3 is 10.1 Å². The molecular formula is C11H12BrNO2. The molecule has 0 heterocycles. The lowest BCUT2D eigenvalue weighted by molar-refractivity contribution is 0.0954. The highest BCUT2D eigenvalue weighted by Crippen LogP contribution is 2.26. The van der Waals surface area contributed by atoms with E-state index in [4.69, 9.17) is 4.74 Å². The number of carbonyl (C=O) groups is 1. The number of carbonyl (C=O) groups excluding carboxylic acids is 1. The Bertz CT molecular complexity index is 377. The first-order chi connectivity index (χ1) is 7.20. The van der Waals surface area contributed by atoms with E-state index in [2.05, 4.69) is 27.8 Å². The molecule has 4 heteroatoms. The summed E-state index contributed by atoms with van der Waals surface area (Å²) in [5.74, 6) is 0.366. The quantitative estimate of drug-likeness (QED) is 0.853. The average molecular weight is 270 g/mol. The Balaban J connectivity index is 3.00. The van der Waals surface area contributed by atoms with Crippen LogP contribution in [-0.4, -0.2) is 19.6 Å². The van der Waals surface area contributed by atoms with Crippen LogP contribution < -0.4 is 10.1 Å². The number of hydrogen-bond acceptors (Lipinski definition) is 2. The number of halogens is 1. The summed E-state index contributed by atoms with van der Waals surface area (Å²) >= 11 is 3.31. The number of hydrogen-bond donors (Lipinski definition) is 1. The maximum atomic E-state index is 11.7. The smallest absolute Gasteiger partial charge is 0.256 e. The van der Waals surface area contributed by atoms with Crippen molar-refractivity contribution < 1.29 is 9.53 Å². The summed E-state index contributed by atoms with van der Waals surface area (Å²) < 4.78 is 5.82. The molecule has 0 fully saturated rings. The molecule has 1 rings (SSSR count). The summed E-state index contributed by atoms with van der Waals surface area (Å²) in [7, 11) is 1.53. The van der Waals surface area contributed by atoms with Crippen molar-refractivity contribution in [1.82, 2.24) is 5.32 Å². The SMILES string of the molecule is C=CCNC(=O)c1c(Br)cccc1OC. The van der Waals surface area contributed by atoms with Gasteiger partial charge in [0.05, 0.1) is 12.7 Å². The Morgan fingerprint density at radius 1 is 1.67 bits per heavy atom. The molecule has 0 bridgehead atoms. The summed E-state index contributed by atoms with van der Waals surface area (Å²) in [6.07, 6.45) is 1.63. The fourth-order valence-corrected chi connectivity index (χ4v) is 1.68. The van der Waals surface area contributed by atoms with Gasteiger partial charge in [-0.1, -0.05) is 12.1 Å². The molecule has 0 aromatic heterocycles. The van der Waals surface area contributed by atoms with Crippen molar-refractivity contribution in [2.75, 3.05) is 13.7 Å². The summed E-state index contributed by atoms with van der Waals surface area (Å²) in [5.41, 5.74) is 0.502. The van der Waals surface area contributed by atoms with E-state index in [0.29, 0.717) is 22.3 Å². The van der Waals surface area contributed by atoms with E-state index in [1.54, 1.807) is 18.2 Å². The van der Waals surface area contributed by atoms with Crippen molar-refractivity contribution in [3.63, 3.8) is 0 Å². The van der Waals surface area contributed by atoms with Crippen LogP contribution in [0.2, 0.25) is 0 Å². The van der Waals surface area contributed by atoms with Gasteiger partial charge in [0, 0.05) is 11.0 Å². The Morgan fingerprint density at radius 2 is 2.40 bits per heavy atom. The van der Waals surface area contributed by atoms with E-state index in [1.165, 1.54) is 7.11 Å². The molecule has 1 amide bonds. The molecule has 1 aromatic carbocycles. The topological polar surface area (TPSA) is 38.3 Å². The largest absolute Gasteiger partial charge is 0.496 e. The van der Waals surface area contributed by atoms with Gasteiger partial charge in [0.2, 0.25) is 0 Å². The Labute approximate surface area is 97.3 Å². The molecule has 3 nitrogen and oxygen atoms in total. The van der Waals surface area contributed by atoms with Gasteiger partial charge in [-0.2, -0.15) is 0 Å². The maximum absolute atomic E-state index is 11.7. The zero-order valence-corrected chi connectivity index (χ0v) is 10.0. The van der Waals surface area contributed by atoms with Crippen LogP contribution in [-0.2, 0) is 0 Å². The lowest BCUT2D eigenvalue weighted by Crippen LogP contribution is -2.24. The van der Waals surface area contributed by atoms with Crippen molar-refractivity contribution >= 4 is 21.8 Å². The van der Waals surface area contributed by atoms with Crippen molar-refractivity contribution in [1.29, 1.82) is 0 Å². The fraction of sp³-hybridized carbons (Fsp3) is 0.182. The zero-order chi connectivity index (χ0) is 11.3. The van der Waals surface area contributed by atoms with Crippen LogP contribution in [0.25, 0.3) is 0 Å². The van der Waals surface area contributed by atoms with Crippen LogP contribution in [0.3, 0.4) is 0 Å². The van der Waals surface area contributed by atoms with Gasteiger partial charge in [-0.25, -0.2) is 0 Å². The maximum Gasteiger partial charge on any atom is 0.256 e. The predicted molar refractivity (Wildman–Crippen MR) is 63.2 cm³/mol. The Hall–Kier alpha value is -1.29. The third-order valence-electron chi connectivity index (χ3n) is 1.83. The van der Waals surface area contributed by atoms with Crippen molar-refractivity contribution in [3.05, 3.63) is 40.9 Å². The average Bonchev–Trinajstić information content (AvgIpc) is 2.25. The number of rotatable bonds is 4. The molecule has 0 spiro atoms. The van der Waals surface area contributed by atoms with Gasteiger partial charge in [0.1, 0.15) is 5.75 Å². The molecule has 1 N–H and O–H groups in total. The predicted octanol–water partition coefficient (Wildman–Crippen LogP) is 2.37. The first kappa shape index (κ1) is 11.8. The molecule has 0 saturated heterocycles. The minimum Gasteiger partial charge on any atom is -0.496 e. The van der Waals surface area contributed by atoms with Crippen molar-refractivity contribution in [2.45, 2.75) is 0 Å². The summed E-state index contributed by atoms with van der Waals surface area (Å²) in [6, 6.07) is 5.35. The number of nitrogens with one attached hydrogen (secondary N) is 1. The standard InChI is InChI=1S/C11H12BrNO2/c1-3-7-13-11(14)10-8(12)5-4-6-9(10)15-2/h3-6H,1,7H2,2H3,(H,13,14). The van der Waals surface area contributed by atoms with Crippen LogP contribution in [0.1, 0.15) is 10.4 Å². The van der Waals surface area contributed by atoms with Gasteiger partial charge in [0.25, 0.3) is 5.91 Å². The van der Waals surface area contributed by atoms with Crippen LogP contribution in [0.15, 0.2) is 35.3 Å². The van der Waals surface area contributed by atoms with Gasteiger partial charge in [-0.3, -0.25) is 4.79 Å². The van der Waals surface area contributed by atoms with E-state index in [-0.39, 0.29) is 5.91 Å². The highest BCUT2D eigenvalue weighted by molar-refractivity contribution is 9.10. The molecule has 0 radical (unpaired) electrons. The van der Waals surface area contributed by atoms with E-state index in [9.17, 15) is 4.79 Å². The van der Waals surface area contributed by atoms with E-state index in [1.807, 2.05) is 6.07 Å². The monoisotopic (exact) mass is 269 g/mol. The number of ether oxygens (including phenoxy) is 1. The molecule has 0 unspecified atom stereocenters.